The lowest BCUT2D eigenvalue weighted by atomic mass is 10.3. The van der Waals surface area contributed by atoms with Gasteiger partial charge in [-0.05, 0) is 41.1 Å². The smallest absolute Gasteiger partial charge is 0.340 e. The molecule has 0 radical (unpaired) electrons. The van der Waals surface area contributed by atoms with Crippen LogP contribution in [0.1, 0.15) is 17.3 Å². The summed E-state index contributed by atoms with van der Waals surface area (Å²) in [5, 5.41) is 2.67. The minimum absolute atomic E-state index is 0.281. The average Bonchev–Trinajstić information content (AvgIpc) is 2.48. The Morgan fingerprint density at radius 3 is 2.62 bits per heavy atom. The molecule has 0 saturated carbocycles. The zero-order valence-corrected chi connectivity index (χ0v) is 12.8. The van der Waals surface area contributed by atoms with Gasteiger partial charge in [0.1, 0.15) is 0 Å². The van der Waals surface area contributed by atoms with E-state index < -0.39 is 18.0 Å². The second-order valence-corrected chi connectivity index (χ2v) is 5.21. The molecule has 0 saturated heterocycles. The first kappa shape index (κ1) is 15.2. The SMILES string of the molecule is C[C@@H](OC(=O)c1cncc(Br)c1)C(=O)Nc1ccccc1. The maximum Gasteiger partial charge on any atom is 0.340 e. The number of amides is 1. The first-order chi connectivity index (χ1) is 10.1. The van der Waals surface area contributed by atoms with Crippen molar-refractivity contribution in [2.75, 3.05) is 5.32 Å². The molecule has 1 N–H and O–H groups in total. The third-order valence-corrected chi connectivity index (χ3v) is 3.07. The largest absolute Gasteiger partial charge is 0.449 e. The fourth-order valence-electron chi connectivity index (χ4n) is 1.57. The minimum Gasteiger partial charge on any atom is -0.449 e. The summed E-state index contributed by atoms with van der Waals surface area (Å²) in [6.07, 6.45) is 2.04. The van der Waals surface area contributed by atoms with Crippen molar-refractivity contribution < 1.29 is 14.3 Å². The molecular formula is C15H13BrN2O3. The number of ether oxygens (including phenoxy) is 1. The summed E-state index contributed by atoms with van der Waals surface area (Å²) in [5.74, 6) is -0.989. The van der Waals surface area contributed by atoms with E-state index >= 15 is 0 Å². The number of hydrogen-bond donors (Lipinski definition) is 1. The van der Waals surface area contributed by atoms with Crippen molar-refractivity contribution in [1.82, 2.24) is 4.98 Å². The predicted octanol–water partition coefficient (Wildman–Crippen LogP) is 3.03. The molecule has 2 aromatic rings. The molecular weight excluding hydrogens is 336 g/mol. The zero-order chi connectivity index (χ0) is 15.2. The van der Waals surface area contributed by atoms with E-state index in [9.17, 15) is 9.59 Å². The third kappa shape index (κ3) is 4.39. The summed E-state index contributed by atoms with van der Waals surface area (Å²) < 4.78 is 5.78. The highest BCUT2D eigenvalue weighted by atomic mass is 79.9. The quantitative estimate of drug-likeness (QED) is 0.862. The summed E-state index contributed by atoms with van der Waals surface area (Å²) >= 11 is 3.22. The highest BCUT2D eigenvalue weighted by molar-refractivity contribution is 9.10. The highest BCUT2D eigenvalue weighted by Crippen LogP contribution is 2.12. The van der Waals surface area contributed by atoms with Gasteiger partial charge in [-0.3, -0.25) is 9.78 Å². The maximum atomic E-state index is 11.9. The summed E-state index contributed by atoms with van der Waals surface area (Å²) in [6, 6.07) is 10.5. The number of benzene rings is 1. The Hall–Kier alpha value is -2.21. The molecule has 1 aromatic carbocycles. The molecule has 0 aliphatic heterocycles. The highest BCUT2D eigenvalue weighted by Gasteiger charge is 2.19. The van der Waals surface area contributed by atoms with Gasteiger partial charge in [0.2, 0.25) is 0 Å². The first-order valence-electron chi connectivity index (χ1n) is 6.23. The normalized spacial score (nSPS) is 11.5. The average molecular weight is 349 g/mol. The number of anilines is 1. The summed E-state index contributed by atoms with van der Waals surface area (Å²) in [5.41, 5.74) is 0.929. The van der Waals surface area contributed by atoms with Gasteiger partial charge >= 0.3 is 5.97 Å². The number of carbonyl (C=O) groups is 2. The summed E-state index contributed by atoms with van der Waals surface area (Å²) in [6.45, 7) is 1.52. The van der Waals surface area contributed by atoms with Gasteiger partial charge in [0, 0.05) is 22.6 Å². The van der Waals surface area contributed by atoms with E-state index in [0.717, 1.165) is 0 Å². The van der Waals surface area contributed by atoms with Gasteiger partial charge in [-0.25, -0.2) is 4.79 Å². The van der Waals surface area contributed by atoms with Gasteiger partial charge < -0.3 is 10.1 Å². The maximum absolute atomic E-state index is 11.9. The molecule has 1 aromatic heterocycles. The second kappa shape index (κ2) is 6.99. The Morgan fingerprint density at radius 1 is 1.24 bits per heavy atom. The van der Waals surface area contributed by atoms with E-state index in [2.05, 4.69) is 26.2 Å². The molecule has 2 rings (SSSR count). The van der Waals surface area contributed by atoms with E-state index in [1.807, 2.05) is 6.07 Å². The Kier molecular flexibility index (Phi) is 5.05. The van der Waals surface area contributed by atoms with Crippen LogP contribution in [0.25, 0.3) is 0 Å². The lowest BCUT2D eigenvalue weighted by Gasteiger charge is -2.13. The van der Waals surface area contributed by atoms with E-state index in [1.54, 1.807) is 36.5 Å². The Morgan fingerprint density at radius 2 is 1.95 bits per heavy atom. The van der Waals surface area contributed by atoms with Crippen molar-refractivity contribution in [1.29, 1.82) is 0 Å². The van der Waals surface area contributed by atoms with Crippen LogP contribution in [0, 0.1) is 0 Å². The number of aromatic nitrogens is 1. The molecule has 0 spiro atoms. The minimum atomic E-state index is -0.906. The van der Waals surface area contributed by atoms with Crippen LogP contribution in [0.3, 0.4) is 0 Å². The number of hydrogen-bond acceptors (Lipinski definition) is 4. The van der Waals surface area contributed by atoms with Crippen molar-refractivity contribution in [2.45, 2.75) is 13.0 Å². The lowest BCUT2D eigenvalue weighted by Crippen LogP contribution is -2.30. The number of rotatable bonds is 4. The fourth-order valence-corrected chi connectivity index (χ4v) is 1.94. The van der Waals surface area contributed by atoms with Crippen molar-refractivity contribution in [3.05, 3.63) is 58.8 Å². The Balaban J connectivity index is 1.96. The fraction of sp³-hybridized carbons (Fsp3) is 0.133. The molecule has 5 nitrogen and oxygen atoms in total. The van der Waals surface area contributed by atoms with Gasteiger partial charge in [-0.15, -0.1) is 0 Å². The van der Waals surface area contributed by atoms with E-state index in [0.29, 0.717) is 10.2 Å². The lowest BCUT2D eigenvalue weighted by molar-refractivity contribution is -0.123. The van der Waals surface area contributed by atoms with Gasteiger partial charge in [-0.1, -0.05) is 18.2 Å². The molecule has 0 aliphatic rings. The number of nitrogens with one attached hydrogen (secondary N) is 1. The van der Waals surface area contributed by atoms with Crippen LogP contribution in [-0.2, 0) is 9.53 Å². The van der Waals surface area contributed by atoms with Gasteiger partial charge in [0.05, 0.1) is 5.56 Å². The predicted molar refractivity (Wildman–Crippen MR) is 81.9 cm³/mol. The number of esters is 1. The molecule has 0 aliphatic carbocycles. The topological polar surface area (TPSA) is 68.3 Å². The van der Waals surface area contributed by atoms with Crippen LogP contribution in [0.15, 0.2) is 53.3 Å². The van der Waals surface area contributed by atoms with Crippen molar-refractivity contribution in [2.24, 2.45) is 0 Å². The molecule has 21 heavy (non-hydrogen) atoms. The van der Waals surface area contributed by atoms with Crippen LogP contribution in [-0.4, -0.2) is 23.0 Å². The molecule has 108 valence electrons. The van der Waals surface area contributed by atoms with Gasteiger partial charge in [-0.2, -0.15) is 0 Å². The number of nitrogens with zero attached hydrogens (tertiary/aromatic N) is 1. The first-order valence-corrected chi connectivity index (χ1v) is 7.03. The Labute approximate surface area is 130 Å². The zero-order valence-electron chi connectivity index (χ0n) is 11.2. The van der Waals surface area contributed by atoms with Crippen LogP contribution < -0.4 is 5.32 Å². The standard InChI is InChI=1S/C15H13BrN2O3/c1-10(14(19)18-13-5-3-2-4-6-13)21-15(20)11-7-12(16)9-17-8-11/h2-10H,1H3,(H,18,19)/t10-/m1/s1. The van der Waals surface area contributed by atoms with Crippen molar-refractivity contribution in [3.63, 3.8) is 0 Å². The third-order valence-electron chi connectivity index (χ3n) is 2.63. The van der Waals surface area contributed by atoms with Crippen LogP contribution in [0.2, 0.25) is 0 Å². The molecule has 1 heterocycles. The number of para-hydroxylation sites is 1. The van der Waals surface area contributed by atoms with E-state index in [-0.39, 0.29) is 5.56 Å². The Bertz CT molecular complexity index is 646. The van der Waals surface area contributed by atoms with Crippen LogP contribution in [0.4, 0.5) is 5.69 Å². The van der Waals surface area contributed by atoms with Gasteiger partial charge in [0.15, 0.2) is 6.10 Å². The molecule has 6 heteroatoms. The number of halogens is 1. The molecule has 1 amide bonds. The van der Waals surface area contributed by atoms with Crippen molar-refractivity contribution in [3.8, 4) is 0 Å². The van der Waals surface area contributed by atoms with E-state index in [4.69, 9.17) is 4.74 Å². The summed E-state index contributed by atoms with van der Waals surface area (Å²) in [7, 11) is 0. The molecule has 0 unspecified atom stereocenters. The molecule has 0 bridgehead atoms. The van der Waals surface area contributed by atoms with Crippen LogP contribution in [0.5, 0.6) is 0 Å². The number of carbonyl (C=O) groups excluding carboxylic acids is 2. The monoisotopic (exact) mass is 348 g/mol. The molecule has 1 atom stereocenters. The van der Waals surface area contributed by atoms with Crippen molar-refractivity contribution >= 4 is 33.5 Å². The number of pyridine rings is 1. The van der Waals surface area contributed by atoms with Gasteiger partial charge in [0.25, 0.3) is 5.91 Å². The van der Waals surface area contributed by atoms with E-state index in [1.165, 1.54) is 13.1 Å². The summed E-state index contributed by atoms with van der Waals surface area (Å²) in [4.78, 5) is 27.7. The van der Waals surface area contributed by atoms with Crippen LogP contribution >= 0.6 is 15.9 Å². The second-order valence-electron chi connectivity index (χ2n) is 4.29. The molecule has 0 fully saturated rings.